The fraction of sp³-hybridized carbons (Fsp3) is 0.800. The van der Waals surface area contributed by atoms with Crippen molar-refractivity contribution in [2.24, 2.45) is 0 Å². The first kappa shape index (κ1) is 11.1. The molecule has 2 nitrogen and oxygen atoms in total. The van der Waals surface area contributed by atoms with Crippen molar-refractivity contribution < 1.29 is 23.4 Å². The number of Topliss-reactive ketones (excluding diaryl/α,β-unsaturated/α-hetero) is 1. The van der Waals surface area contributed by atoms with E-state index in [1.807, 2.05) is 6.92 Å². The van der Waals surface area contributed by atoms with Crippen LogP contribution in [0.4, 0.5) is 0 Å². The van der Waals surface area contributed by atoms with E-state index in [0.717, 1.165) is 0 Å². The molecule has 8 heavy (non-hydrogen) atoms. The van der Waals surface area contributed by atoms with Crippen LogP contribution in [0.3, 0.4) is 0 Å². The Morgan fingerprint density at radius 1 is 1.62 bits per heavy atom. The van der Waals surface area contributed by atoms with Gasteiger partial charge in [0.2, 0.25) is 0 Å². The van der Waals surface area contributed by atoms with Crippen LogP contribution in [0.1, 0.15) is 13.8 Å². The van der Waals surface area contributed by atoms with Gasteiger partial charge in [-0.2, -0.15) is 0 Å². The van der Waals surface area contributed by atoms with Crippen LogP contribution in [0.15, 0.2) is 0 Å². The second kappa shape index (κ2) is 5.35. The Morgan fingerprint density at radius 3 is 2.00 bits per heavy atom. The third kappa shape index (κ3) is 4.38. The first-order chi connectivity index (χ1) is 3.18. The van der Waals surface area contributed by atoms with Gasteiger partial charge in [0.15, 0.2) is 0 Å². The summed E-state index contributed by atoms with van der Waals surface area (Å²) in [5, 5.41) is 2.81. The van der Waals surface area contributed by atoms with Gasteiger partial charge < -0.3 is 5.32 Å². The number of ketones is 1. The van der Waals surface area contributed by atoms with Gasteiger partial charge in [-0.25, -0.2) is 0 Å². The molecular weight excluding hydrogens is 141 g/mol. The number of hydrogen-bond donors (Lipinski definition) is 1. The van der Waals surface area contributed by atoms with E-state index in [1.54, 1.807) is 14.0 Å². The van der Waals surface area contributed by atoms with Gasteiger partial charge in [-0.05, 0) is 20.9 Å². The predicted molar refractivity (Wildman–Crippen MR) is 29.2 cm³/mol. The molecule has 0 aromatic carbocycles. The Morgan fingerprint density at radius 2 is 2.00 bits per heavy atom. The van der Waals surface area contributed by atoms with E-state index in [1.165, 1.54) is 0 Å². The maximum absolute atomic E-state index is 10.3. The quantitative estimate of drug-likeness (QED) is 0.611. The summed E-state index contributed by atoms with van der Waals surface area (Å²) in [6.45, 7) is 3.41. The first-order valence-corrected chi connectivity index (χ1v) is 2.36. The van der Waals surface area contributed by atoms with Crippen LogP contribution in [0.5, 0.6) is 0 Å². The molecule has 0 rings (SSSR count). The van der Waals surface area contributed by atoms with E-state index in [9.17, 15) is 4.79 Å². The largest absolute Gasteiger partial charge is 0.311 e. The minimum Gasteiger partial charge on any atom is -0.311 e. The third-order valence-electron chi connectivity index (χ3n) is 1.04. The van der Waals surface area contributed by atoms with Crippen LogP contribution >= 0.6 is 0 Å². The number of carbonyl (C=O) groups excluding carboxylic acids is 1. The van der Waals surface area contributed by atoms with Crippen LogP contribution in [0.2, 0.25) is 0 Å². The molecule has 1 radical (unpaired) electrons. The number of carbonyl (C=O) groups is 1. The summed E-state index contributed by atoms with van der Waals surface area (Å²) in [5.41, 5.74) is 0. The van der Waals surface area contributed by atoms with Gasteiger partial charge in [0.05, 0.1) is 6.04 Å². The van der Waals surface area contributed by atoms with Crippen LogP contribution in [-0.4, -0.2) is 18.9 Å². The van der Waals surface area contributed by atoms with Crippen LogP contribution in [-0.2, 0) is 23.4 Å². The Hall–Kier alpha value is 0.214. The van der Waals surface area contributed by atoms with Crippen molar-refractivity contribution in [1.82, 2.24) is 5.32 Å². The van der Waals surface area contributed by atoms with Gasteiger partial charge in [-0.1, -0.05) is 0 Å². The van der Waals surface area contributed by atoms with Gasteiger partial charge in [-0.15, -0.1) is 0 Å². The Kier molecular flexibility index (Phi) is 7.41. The predicted octanol–water partition coefficient (Wildman–Crippen LogP) is 0.181. The molecule has 1 N–H and O–H groups in total. The van der Waals surface area contributed by atoms with E-state index in [4.69, 9.17) is 0 Å². The Bertz CT molecular complexity index is 74.8. The molecule has 0 aliphatic rings. The number of hydrogen-bond acceptors (Lipinski definition) is 2. The molecule has 0 aromatic heterocycles. The average Bonchev–Trinajstić information content (AvgIpc) is 1.65. The second-order valence-electron chi connectivity index (χ2n) is 1.62. The molecule has 0 amide bonds. The van der Waals surface area contributed by atoms with Crippen molar-refractivity contribution in [2.45, 2.75) is 19.9 Å². The van der Waals surface area contributed by atoms with Crippen molar-refractivity contribution in [1.29, 1.82) is 0 Å². The summed E-state index contributed by atoms with van der Waals surface area (Å²) in [4.78, 5) is 10.3. The first-order valence-electron chi connectivity index (χ1n) is 2.36. The molecule has 3 heteroatoms. The molecule has 1 atom stereocenters. The fourth-order valence-corrected chi connectivity index (χ4v) is 0.203. The SMILES string of the molecule is CNC(C)C(C)=O.[V]. The average molecular weight is 152 g/mol. The maximum Gasteiger partial charge on any atom is 0.146 e. The molecule has 0 aliphatic heterocycles. The zero-order valence-electron chi connectivity index (χ0n) is 5.43. The summed E-state index contributed by atoms with van der Waals surface area (Å²) in [6.07, 6.45) is 0. The molecule has 47 valence electrons. The molecule has 0 aromatic rings. The summed E-state index contributed by atoms with van der Waals surface area (Å²) in [7, 11) is 1.77. The molecule has 0 saturated heterocycles. The number of likely N-dealkylation sites (N-methyl/N-ethyl adjacent to an activating group) is 1. The molecule has 0 heterocycles. The van der Waals surface area contributed by atoms with E-state index >= 15 is 0 Å². The molecule has 0 spiro atoms. The zero-order chi connectivity index (χ0) is 5.86. The van der Waals surface area contributed by atoms with E-state index in [-0.39, 0.29) is 30.4 Å². The van der Waals surface area contributed by atoms with E-state index in [0.29, 0.717) is 0 Å². The molecule has 0 saturated carbocycles. The Labute approximate surface area is 61.9 Å². The topological polar surface area (TPSA) is 29.1 Å². The summed E-state index contributed by atoms with van der Waals surface area (Å²) in [5.74, 6) is 0.183. The van der Waals surface area contributed by atoms with Crippen LogP contribution in [0, 0.1) is 0 Å². The summed E-state index contributed by atoms with van der Waals surface area (Å²) >= 11 is 0. The Balaban J connectivity index is 0. The fourth-order valence-electron chi connectivity index (χ4n) is 0.203. The monoisotopic (exact) mass is 152 g/mol. The van der Waals surface area contributed by atoms with Gasteiger partial charge in [0, 0.05) is 18.6 Å². The molecule has 0 bridgehead atoms. The van der Waals surface area contributed by atoms with Gasteiger partial charge >= 0.3 is 0 Å². The molecule has 0 fully saturated rings. The third-order valence-corrected chi connectivity index (χ3v) is 1.04. The second-order valence-corrected chi connectivity index (χ2v) is 1.62. The van der Waals surface area contributed by atoms with E-state index < -0.39 is 0 Å². The van der Waals surface area contributed by atoms with Crippen LogP contribution < -0.4 is 5.32 Å². The normalized spacial score (nSPS) is 11.9. The van der Waals surface area contributed by atoms with Gasteiger partial charge in [-0.3, -0.25) is 4.79 Å². The van der Waals surface area contributed by atoms with E-state index in [2.05, 4.69) is 5.32 Å². The molecular formula is C5H11NOV. The number of nitrogens with one attached hydrogen (secondary N) is 1. The van der Waals surface area contributed by atoms with Crippen molar-refractivity contribution in [3.63, 3.8) is 0 Å². The van der Waals surface area contributed by atoms with Crippen LogP contribution in [0.25, 0.3) is 0 Å². The van der Waals surface area contributed by atoms with Gasteiger partial charge in [0.25, 0.3) is 0 Å². The molecule has 1 unspecified atom stereocenters. The van der Waals surface area contributed by atoms with Gasteiger partial charge in [0.1, 0.15) is 5.78 Å². The summed E-state index contributed by atoms with van der Waals surface area (Å²) in [6, 6.07) is 0.0139. The molecule has 0 aliphatic carbocycles. The van der Waals surface area contributed by atoms with Crippen molar-refractivity contribution in [2.75, 3.05) is 7.05 Å². The summed E-state index contributed by atoms with van der Waals surface area (Å²) < 4.78 is 0. The van der Waals surface area contributed by atoms with Crippen molar-refractivity contribution in [3.05, 3.63) is 0 Å². The smallest absolute Gasteiger partial charge is 0.146 e. The zero-order valence-corrected chi connectivity index (χ0v) is 6.83. The maximum atomic E-state index is 10.3. The minimum atomic E-state index is 0. The number of rotatable bonds is 2. The minimum absolute atomic E-state index is 0. The van der Waals surface area contributed by atoms with Crippen molar-refractivity contribution >= 4 is 5.78 Å². The van der Waals surface area contributed by atoms with Crippen molar-refractivity contribution in [3.8, 4) is 0 Å². The standard InChI is InChI=1S/C5H11NO.V/c1-4(6-3)5(2)7;/h4,6H,1-3H3;.